The Hall–Kier alpha value is -1.53. The smallest absolute Gasteiger partial charge is 0.268 e. The normalized spacial score (nSPS) is 20.1. The number of aromatic amines is 1. The number of hydrogen-bond acceptors (Lipinski definition) is 3. The Balaban J connectivity index is 1.55. The maximum absolute atomic E-state index is 12.5. The highest BCUT2D eigenvalue weighted by Gasteiger charge is 2.29. The number of rotatable bonds is 2. The first kappa shape index (κ1) is 16.0. The Morgan fingerprint density at radius 2 is 2.12 bits per heavy atom. The summed E-state index contributed by atoms with van der Waals surface area (Å²) >= 11 is 13.4. The van der Waals surface area contributed by atoms with Gasteiger partial charge in [0.15, 0.2) is 0 Å². The lowest BCUT2D eigenvalue weighted by Crippen LogP contribution is -2.42. The molecule has 0 fully saturated rings. The van der Waals surface area contributed by atoms with Gasteiger partial charge in [-0.15, -0.1) is 11.3 Å². The Bertz CT molecular complexity index is 934. The molecule has 0 spiro atoms. The van der Waals surface area contributed by atoms with E-state index in [-0.39, 0.29) is 11.9 Å². The quantitative estimate of drug-likeness (QED) is 0.619. The number of amides is 1. The van der Waals surface area contributed by atoms with Crippen molar-refractivity contribution in [3.8, 4) is 0 Å². The van der Waals surface area contributed by atoms with Crippen LogP contribution in [0.15, 0.2) is 30.3 Å². The van der Waals surface area contributed by atoms with Gasteiger partial charge in [-0.3, -0.25) is 4.79 Å². The summed E-state index contributed by atoms with van der Waals surface area (Å²) in [6.45, 7) is 0. The molecule has 1 amide bonds. The Morgan fingerprint density at radius 3 is 2.92 bits per heavy atom. The van der Waals surface area contributed by atoms with E-state index in [4.69, 9.17) is 23.2 Å². The minimum Gasteiger partial charge on any atom is -0.386 e. The Morgan fingerprint density at radius 1 is 1.33 bits per heavy atom. The molecule has 3 aromatic rings. The van der Waals surface area contributed by atoms with E-state index in [0.717, 1.165) is 22.2 Å². The molecule has 24 heavy (non-hydrogen) atoms. The lowest BCUT2D eigenvalue weighted by atomic mass is 9.86. The molecule has 1 aromatic carbocycles. The van der Waals surface area contributed by atoms with Gasteiger partial charge in [-0.05, 0) is 30.0 Å². The van der Waals surface area contributed by atoms with Crippen molar-refractivity contribution in [1.29, 1.82) is 0 Å². The Labute approximate surface area is 152 Å². The lowest BCUT2D eigenvalue weighted by Gasteiger charge is -2.30. The molecule has 2 heterocycles. The van der Waals surface area contributed by atoms with Gasteiger partial charge in [0, 0.05) is 0 Å². The van der Waals surface area contributed by atoms with Crippen LogP contribution in [0, 0.1) is 0 Å². The molecular formula is C17H14Cl2N2O2S. The van der Waals surface area contributed by atoms with Crippen molar-refractivity contribution in [1.82, 2.24) is 10.3 Å². The fraction of sp³-hybridized carbons (Fsp3) is 0.235. The molecule has 1 aliphatic rings. The van der Waals surface area contributed by atoms with E-state index in [2.05, 4.69) is 10.3 Å². The highest BCUT2D eigenvalue weighted by molar-refractivity contribution is 7.23. The van der Waals surface area contributed by atoms with Gasteiger partial charge >= 0.3 is 0 Å². The van der Waals surface area contributed by atoms with Gasteiger partial charge in [0.2, 0.25) is 0 Å². The van der Waals surface area contributed by atoms with Crippen LogP contribution in [0.3, 0.4) is 0 Å². The summed E-state index contributed by atoms with van der Waals surface area (Å²) in [5.74, 6) is -0.256. The number of aryl methyl sites for hydroxylation is 1. The van der Waals surface area contributed by atoms with Crippen LogP contribution >= 0.6 is 34.5 Å². The lowest BCUT2D eigenvalue weighted by molar-refractivity contribution is 0.0795. The molecule has 1 aliphatic carbocycles. The highest BCUT2D eigenvalue weighted by Crippen LogP contribution is 2.39. The van der Waals surface area contributed by atoms with Crippen LogP contribution in [0.4, 0.5) is 0 Å². The number of fused-ring (bicyclic) bond motifs is 2. The molecule has 2 aromatic heterocycles. The van der Waals surface area contributed by atoms with Crippen LogP contribution in [0.1, 0.15) is 34.1 Å². The SMILES string of the molecule is O=C(NC1CCc2ccccc2C1O)c1cc2sc(Cl)c(Cl)c2[nH]1. The minimum absolute atomic E-state index is 0.256. The number of aromatic nitrogens is 1. The van der Waals surface area contributed by atoms with Crippen molar-refractivity contribution in [2.24, 2.45) is 0 Å². The van der Waals surface area contributed by atoms with Crippen LogP contribution in [-0.2, 0) is 6.42 Å². The van der Waals surface area contributed by atoms with Crippen molar-refractivity contribution in [3.63, 3.8) is 0 Å². The second-order valence-electron chi connectivity index (χ2n) is 5.87. The van der Waals surface area contributed by atoms with Crippen LogP contribution in [0.25, 0.3) is 10.2 Å². The molecule has 2 atom stereocenters. The summed E-state index contributed by atoms with van der Waals surface area (Å²) in [5, 5.41) is 13.9. The summed E-state index contributed by atoms with van der Waals surface area (Å²) < 4.78 is 1.34. The Kier molecular flexibility index (Phi) is 4.04. The van der Waals surface area contributed by atoms with Crippen LogP contribution < -0.4 is 5.32 Å². The molecule has 0 radical (unpaired) electrons. The zero-order valence-corrected chi connectivity index (χ0v) is 14.8. The van der Waals surface area contributed by atoms with Crippen LogP contribution in [-0.4, -0.2) is 22.0 Å². The standard InChI is InChI=1S/C17H14Cl2N2O2S/c18-13-14-12(24-16(13)19)7-11(20-14)17(23)21-10-6-5-8-3-1-2-4-9(8)15(10)22/h1-4,7,10,15,20,22H,5-6H2,(H,21,23). The van der Waals surface area contributed by atoms with Crippen molar-refractivity contribution in [2.75, 3.05) is 0 Å². The van der Waals surface area contributed by atoms with Crippen molar-refractivity contribution in [3.05, 3.63) is 56.5 Å². The molecule has 0 bridgehead atoms. The number of nitrogens with one attached hydrogen (secondary N) is 2. The second-order valence-corrected chi connectivity index (χ2v) is 7.91. The number of carbonyl (C=O) groups is 1. The molecule has 4 nitrogen and oxygen atoms in total. The van der Waals surface area contributed by atoms with Gasteiger partial charge < -0.3 is 15.4 Å². The van der Waals surface area contributed by atoms with E-state index in [1.807, 2.05) is 24.3 Å². The molecule has 3 N–H and O–H groups in total. The average molecular weight is 381 g/mol. The first-order valence-electron chi connectivity index (χ1n) is 7.58. The third-order valence-electron chi connectivity index (χ3n) is 4.41. The summed E-state index contributed by atoms with van der Waals surface area (Å²) in [6, 6.07) is 9.21. The predicted molar refractivity (Wildman–Crippen MR) is 97.2 cm³/mol. The molecule has 4 rings (SSSR count). The van der Waals surface area contributed by atoms with Gasteiger partial charge in [0.1, 0.15) is 10.0 Å². The monoisotopic (exact) mass is 380 g/mol. The number of aliphatic hydroxyl groups excluding tert-OH is 1. The van der Waals surface area contributed by atoms with Crippen molar-refractivity contribution >= 4 is 50.7 Å². The third kappa shape index (κ3) is 2.62. The van der Waals surface area contributed by atoms with E-state index in [0.29, 0.717) is 27.0 Å². The number of thiophene rings is 1. The van der Waals surface area contributed by atoms with Crippen molar-refractivity contribution < 1.29 is 9.90 Å². The molecule has 7 heteroatoms. The zero-order chi connectivity index (χ0) is 16.8. The third-order valence-corrected chi connectivity index (χ3v) is 6.35. The van der Waals surface area contributed by atoms with Gasteiger partial charge in [0.25, 0.3) is 5.91 Å². The van der Waals surface area contributed by atoms with E-state index < -0.39 is 6.10 Å². The fourth-order valence-electron chi connectivity index (χ4n) is 3.17. The molecule has 0 aliphatic heterocycles. The number of benzene rings is 1. The summed E-state index contributed by atoms with van der Waals surface area (Å²) in [7, 11) is 0. The molecule has 124 valence electrons. The number of halogens is 2. The van der Waals surface area contributed by atoms with E-state index >= 15 is 0 Å². The van der Waals surface area contributed by atoms with Crippen LogP contribution in [0.2, 0.25) is 9.36 Å². The minimum atomic E-state index is -0.701. The number of hydrogen-bond donors (Lipinski definition) is 3. The molecule has 0 saturated heterocycles. The second kappa shape index (κ2) is 6.08. The number of carbonyl (C=O) groups excluding carboxylic acids is 1. The fourth-order valence-corrected chi connectivity index (χ4v) is 4.66. The summed E-state index contributed by atoms with van der Waals surface area (Å²) in [4.78, 5) is 15.5. The molecule has 0 saturated carbocycles. The van der Waals surface area contributed by atoms with Gasteiger partial charge in [-0.25, -0.2) is 0 Å². The maximum Gasteiger partial charge on any atom is 0.268 e. The number of H-pyrrole nitrogens is 1. The van der Waals surface area contributed by atoms with Gasteiger partial charge in [-0.2, -0.15) is 0 Å². The first-order valence-corrected chi connectivity index (χ1v) is 9.15. The van der Waals surface area contributed by atoms with Crippen molar-refractivity contribution in [2.45, 2.75) is 25.0 Å². The molecule has 2 unspecified atom stereocenters. The predicted octanol–water partition coefficient (Wildman–Crippen LogP) is 4.31. The van der Waals surface area contributed by atoms with E-state index in [9.17, 15) is 9.90 Å². The number of aliphatic hydroxyl groups is 1. The summed E-state index contributed by atoms with van der Waals surface area (Å²) in [6.07, 6.45) is 0.832. The van der Waals surface area contributed by atoms with Gasteiger partial charge in [-0.1, -0.05) is 47.5 Å². The van der Waals surface area contributed by atoms with E-state index in [1.165, 1.54) is 11.3 Å². The topological polar surface area (TPSA) is 65.1 Å². The van der Waals surface area contributed by atoms with Gasteiger partial charge in [0.05, 0.1) is 27.4 Å². The first-order chi connectivity index (χ1) is 11.5. The average Bonchev–Trinajstić information content (AvgIpc) is 3.10. The maximum atomic E-state index is 12.5. The zero-order valence-electron chi connectivity index (χ0n) is 12.5. The summed E-state index contributed by atoms with van der Waals surface area (Å²) in [5.41, 5.74) is 3.11. The van der Waals surface area contributed by atoms with Crippen LogP contribution in [0.5, 0.6) is 0 Å². The van der Waals surface area contributed by atoms with E-state index in [1.54, 1.807) is 6.07 Å². The molecular weight excluding hydrogens is 367 g/mol. The highest BCUT2D eigenvalue weighted by atomic mass is 35.5. The largest absolute Gasteiger partial charge is 0.386 e.